The van der Waals surface area contributed by atoms with Gasteiger partial charge < -0.3 is 10.1 Å². The van der Waals surface area contributed by atoms with Gasteiger partial charge in [0, 0.05) is 18.7 Å². The van der Waals surface area contributed by atoms with Crippen LogP contribution in [0.1, 0.15) is 19.8 Å². The van der Waals surface area contributed by atoms with Crippen molar-refractivity contribution < 1.29 is 22.7 Å². The fourth-order valence-electron chi connectivity index (χ4n) is 1.64. The van der Waals surface area contributed by atoms with Crippen LogP contribution in [-0.2, 0) is 24.3 Å². The van der Waals surface area contributed by atoms with Gasteiger partial charge in [0.1, 0.15) is 0 Å². The van der Waals surface area contributed by atoms with E-state index in [1.54, 1.807) is 6.92 Å². The number of esters is 1. The Labute approximate surface area is 135 Å². The summed E-state index contributed by atoms with van der Waals surface area (Å²) in [5, 5.41) is 2.58. The monoisotopic (exact) mass is 340 g/mol. The second-order valence-corrected chi connectivity index (χ2v) is 6.29. The second-order valence-electron chi connectivity index (χ2n) is 4.52. The number of hydrogen-bond acceptors (Lipinski definition) is 5. The Morgan fingerprint density at radius 3 is 2.43 bits per heavy atom. The van der Waals surface area contributed by atoms with E-state index in [2.05, 4.69) is 16.6 Å². The maximum Gasteiger partial charge on any atom is 0.306 e. The van der Waals surface area contributed by atoms with Crippen molar-refractivity contribution in [3.8, 4) is 0 Å². The van der Waals surface area contributed by atoms with E-state index in [-0.39, 0.29) is 36.8 Å². The summed E-state index contributed by atoms with van der Waals surface area (Å²) in [5.41, 5.74) is 0.446. The Morgan fingerprint density at radius 2 is 1.87 bits per heavy atom. The Bertz CT molecular complexity index is 653. The molecule has 1 rings (SSSR count). The van der Waals surface area contributed by atoms with Gasteiger partial charge in [-0.15, -0.1) is 6.58 Å². The van der Waals surface area contributed by atoms with Crippen LogP contribution in [0.3, 0.4) is 0 Å². The largest absolute Gasteiger partial charge is 0.466 e. The topological polar surface area (TPSA) is 102 Å². The number of hydrogen-bond donors (Lipinski definition) is 2. The first kappa shape index (κ1) is 18.9. The minimum Gasteiger partial charge on any atom is -0.466 e. The Kier molecular flexibility index (Phi) is 7.43. The average molecular weight is 340 g/mol. The molecular weight excluding hydrogens is 320 g/mol. The molecule has 2 N–H and O–H groups in total. The molecule has 23 heavy (non-hydrogen) atoms. The van der Waals surface area contributed by atoms with E-state index in [4.69, 9.17) is 4.74 Å². The molecule has 0 aliphatic carbocycles. The molecule has 0 atom stereocenters. The van der Waals surface area contributed by atoms with Crippen LogP contribution in [0.25, 0.3) is 0 Å². The Hall–Kier alpha value is -2.19. The Balaban J connectivity index is 2.58. The smallest absolute Gasteiger partial charge is 0.306 e. The molecule has 0 bridgehead atoms. The molecule has 0 saturated carbocycles. The molecule has 0 aliphatic rings. The number of carbonyl (C=O) groups is 2. The zero-order chi connectivity index (χ0) is 17.3. The third-order valence-electron chi connectivity index (χ3n) is 2.73. The lowest BCUT2D eigenvalue weighted by Gasteiger charge is -2.07. The molecule has 0 radical (unpaired) electrons. The highest BCUT2D eigenvalue weighted by atomic mass is 32.2. The molecule has 1 aromatic rings. The first-order chi connectivity index (χ1) is 10.9. The highest BCUT2D eigenvalue weighted by molar-refractivity contribution is 7.89. The lowest BCUT2D eigenvalue weighted by molar-refractivity contribution is -0.144. The molecule has 8 heteroatoms. The second kappa shape index (κ2) is 9.06. The standard InChI is InChI=1S/C15H20N2O5S/c1-3-11-16-23(20,21)13-7-5-12(6-8-13)17-14(18)9-10-15(19)22-4-2/h3,5-8,16H,1,4,9-11H2,2H3,(H,17,18). The van der Waals surface area contributed by atoms with Crippen LogP contribution in [0.5, 0.6) is 0 Å². The molecule has 0 heterocycles. The number of rotatable bonds is 9. The van der Waals surface area contributed by atoms with Crippen molar-refractivity contribution in [3.05, 3.63) is 36.9 Å². The van der Waals surface area contributed by atoms with E-state index in [1.807, 2.05) is 0 Å². The molecule has 0 aromatic heterocycles. The van der Waals surface area contributed by atoms with Gasteiger partial charge in [0.2, 0.25) is 15.9 Å². The summed E-state index contributed by atoms with van der Waals surface area (Å²) in [7, 11) is -3.59. The predicted octanol–water partition coefficient (Wildman–Crippen LogP) is 1.43. The molecule has 7 nitrogen and oxygen atoms in total. The van der Waals surface area contributed by atoms with Crippen LogP contribution in [0, 0.1) is 0 Å². The van der Waals surface area contributed by atoms with Crippen LogP contribution in [0.2, 0.25) is 0 Å². The summed E-state index contributed by atoms with van der Waals surface area (Å²) in [5.74, 6) is -0.782. The van der Waals surface area contributed by atoms with Crippen molar-refractivity contribution in [2.24, 2.45) is 0 Å². The molecule has 1 amide bonds. The number of ether oxygens (including phenoxy) is 1. The van der Waals surface area contributed by atoms with Gasteiger partial charge in [0.05, 0.1) is 17.9 Å². The van der Waals surface area contributed by atoms with Crippen molar-refractivity contribution in [2.75, 3.05) is 18.5 Å². The summed E-state index contributed by atoms with van der Waals surface area (Å²) < 4.78 is 30.8. The number of sulfonamides is 1. The zero-order valence-corrected chi connectivity index (χ0v) is 13.7. The van der Waals surface area contributed by atoms with Crippen LogP contribution in [-0.4, -0.2) is 33.4 Å². The van der Waals surface area contributed by atoms with Gasteiger partial charge in [0.15, 0.2) is 0 Å². The van der Waals surface area contributed by atoms with Gasteiger partial charge in [-0.05, 0) is 31.2 Å². The van der Waals surface area contributed by atoms with Crippen molar-refractivity contribution in [1.82, 2.24) is 4.72 Å². The van der Waals surface area contributed by atoms with Gasteiger partial charge in [0.25, 0.3) is 0 Å². The molecule has 126 valence electrons. The highest BCUT2D eigenvalue weighted by Gasteiger charge is 2.13. The van der Waals surface area contributed by atoms with E-state index in [9.17, 15) is 18.0 Å². The van der Waals surface area contributed by atoms with Gasteiger partial charge >= 0.3 is 5.97 Å². The van der Waals surface area contributed by atoms with Crippen molar-refractivity contribution in [3.63, 3.8) is 0 Å². The number of benzene rings is 1. The molecule has 0 saturated heterocycles. The summed E-state index contributed by atoms with van der Waals surface area (Å²) in [6, 6.07) is 5.72. The van der Waals surface area contributed by atoms with Crippen molar-refractivity contribution in [2.45, 2.75) is 24.7 Å². The van der Waals surface area contributed by atoms with Gasteiger partial charge in [-0.1, -0.05) is 6.08 Å². The normalized spacial score (nSPS) is 10.8. The fourth-order valence-corrected chi connectivity index (χ4v) is 2.64. The first-order valence-electron chi connectivity index (χ1n) is 7.05. The molecule has 0 fully saturated rings. The molecular formula is C15H20N2O5S. The van der Waals surface area contributed by atoms with Gasteiger partial charge in [-0.3, -0.25) is 9.59 Å². The lowest BCUT2D eigenvalue weighted by Crippen LogP contribution is -2.23. The van der Waals surface area contributed by atoms with E-state index >= 15 is 0 Å². The van der Waals surface area contributed by atoms with E-state index < -0.39 is 16.0 Å². The maximum atomic E-state index is 11.9. The number of amides is 1. The SMILES string of the molecule is C=CCNS(=O)(=O)c1ccc(NC(=O)CCC(=O)OCC)cc1. The molecule has 0 unspecified atom stereocenters. The Morgan fingerprint density at radius 1 is 1.22 bits per heavy atom. The van der Waals surface area contributed by atoms with Crippen LogP contribution in [0.4, 0.5) is 5.69 Å². The quantitative estimate of drug-likeness (QED) is 0.523. The third kappa shape index (κ3) is 6.62. The minimum absolute atomic E-state index is 0.000225. The first-order valence-corrected chi connectivity index (χ1v) is 8.53. The predicted molar refractivity (Wildman–Crippen MR) is 86.3 cm³/mol. The molecule has 1 aromatic carbocycles. The molecule has 0 aliphatic heterocycles. The molecule has 0 spiro atoms. The number of nitrogens with one attached hydrogen (secondary N) is 2. The highest BCUT2D eigenvalue weighted by Crippen LogP contribution is 2.14. The van der Waals surface area contributed by atoms with E-state index in [0.717, 1.165) is 0 Å². The average Bonchev–Trinajstić information content (AvgIpc) is 2.52. The summed E-state index contributed by atoms with van der Waals surface area (Å²) >= 11 is 0. The zero-order valence-electron chi connectivity index (χ0n) is 12.9. The summed E-state index contributed by atoms with van der Waals surface area (Å²) in [6.07, 6.45) is 1.44. The maximum absolute atomic E-state index is 11.9. The van der Waals surface area contributed by atoms with Gasteiger partial charge in [-0.25, -0.2) is 13.1 Å². The number of anilines is 1. The van der Waals surface area contributed by atoms with Crippen LogP contribution in [0.15, 0.2) is 41.8 Å². The van der Waals surface area contributed by atoms with Crippen LogP contribution >= 0.6 is 0 Å². The van der Waals surface area contributed by atoms with Crippen molar-refractivity contribution in [1.29, 1.82) is 0 Å². The fraction of sp³-hybridized carbons (Fsp3) is 0.333. The van der Waals surface area contributed by atoms with E-state index in [0.29, 0.717) is 5.69 Å². The minimum atomic E-state index is -3.59. The van der Waals surface area contributed by atoms with Gasteiger partial charge in [-0.2, -0.15) is 0 Å². The van der Waals surface area contributed by atoms with Crippen molar-refractivity contribution >= 4 is 27.6 Å². The third-order valence-corrected chi connectivity index (χ3v) is 4.17. The lowest BCUT2D eigenvalue weighted by atomic mass is 10.2. The van der Waals surface area contributed by atoms with E-state index in [1.165, 1.54) is 30.3 Å². The summed E-state index contributed by atoms with van der Waals surface area (Å²) in [6.45, 7) is 5.54. The number of carbonyl (C=O) groups excluding carboxylic acids is 2. The summed E-state index contributed by atoms with van der Waals surface area (Å²) in [4.78, 5) is 22.9. The van der Waals surface area contributed by atoms with Crippen LogP contribution < -0.4 is 10.0 Å².